The van der Waals surface area contributed by atoms with E-state index in [1.807, 2.05) is 0 Å². The molecule has 7 heteroatoms. The SMILES string of the molecule is CC(C)(C(=O)Nc1ccccc1Br)C(=O)Nc1c(F)cccc1F. The van der Waals surface area contributed by atoms with Crippen LogP contribution in [0, 0.1) is 17.0 Å². The van der Waals surface area contributed by atoms with Crippen molar-refractivity contribution in [2.24, 2.45) is 5.41 Å². The largest absolute Gasteiger partial charge is 0.324 e. The Morgan fingerprint density at radius 3 is 2.04 bits per heavy atom. The van der Waals surface area contributed by atoms with Crippen LogP contribution in [0.4, 0.5) is 20.2 Å². The van der Waals surface area contributed by atoms with Crippen LogP contribution >= 0.6 is 15.9 Å². The lowest BCUT2D eigenvalue weighted by Crippen LogP contribution is -2.42. The van der Waals surface area contributed by atoms with Gasteiger partial charge in [-0.3, -0.25) is 9.59 Å². The lowest BCUT2D eigenvalue weighted by molar-refractivity contribution is -0.135. The van der Waals surface area contributed by atoms with Gasteiger partial charge in [0.2, 0.25) is 11.8 Å². The average Bonchev–Trinajstić information content (AvgIpc) is 2.53. The van der Waals surface area contributed by atoms with Gasteiger partial charge in [-0.15, -0.1) is 0 Å². The van der Waals surface area contributed by atoms with Crippen LogP contribution in [0.3, 0.4) is 0 Å². The maximum absolute atomic E-state index is 13.6. The Bertz CT molecular complexity index is 774. The number of halogens is 3. The number of benzene rings is 2. The molecule has 2 amide bonds. The van der Waals surface area contributed by atoms with Crippen LogP contribution in [0.2, 0.25) is 0 Å². The topological polar surface area (TPSA) is 58.2 Å². The van der Waals surface area contributed by atoms with Gasteiger partial charge in [0.1, 0.15) is 22.7 Å². The minimum atomic E-state index is -1.55. The number of rotatable bonds is 4. The van der Waals surface area contributed by atoms with E-state index in [1.54, 1.807) is 24.3 Å². The van der Waals surface area contributed by atoms with Crippen molar-refractivity contribution < 1.29 is 18.4 Å². The summed E-state index contributed by atoms with van der Waals surface area (Å²) in [6.45, 7) is 2.74. The predicted molar refractivity (Wildman–Crippen MR) is 91.5 cm³/mol. The van der Waals surface area contributed by atoms with Crippen LogP contribution in [0.25, 0.3) is 0 Å². The van der Waals surface area contributed by atoms with Crippen LogP contribution in [0.15, 0.2) is 46.9 Å². The molecule has 24 heavy (non-hydrogen) atoms. The molecule has 0 bridgehead atoms. The smallest absolute Gasteiger partial charge is 0.239 e. The summed E-state index contributed by atoms with van der Waals surface area (Å²) in [6, 6.07) is 10.1. The molecule has 0 unspecified atom stereocenters. The van der Waals surface area contributed by atoms with Crippen LogP contribution < -0.4 is 10.6 Å². The highest BCUT2D eigenvalue weighted by Gasteiger charge is 2.37. The Hall–Kier alpha value is -2.28. The second kappa shape index (κ2) is 7.09. The first-order valence-electron chi connectivity index (χ1n) is 7.05. The minimum absolute atomic E-state index is 0.487. The van der Waals surface area contributed by atoms with Gasteiger partial charge >= 0.3 is 0 Å². The number of anilines is 2. The van der Waals surface area contributed by atoms with Crippen molar-refractivity contribution in [2.75, 3.05) is 10.6 Å². The first kappa shape index (κ1) is 18.1. The van der Waals surface area contributed by atoms with E-state index in [-0.39, 0.29) is 0 Å². The number of hydrogen-bond acceptors (Lipinski definition) is 2. The normalized spacial score (nSPS) is 11.0. The minimum Gasteiger partial charge on any atom is -0.324 e. The van der Waals surface area contributed by atoms with Crippen molar-refractivity contribution in [2.45, 2.75) is 13.8 Å². The van der Waals surface area contributed by atoms with E-state index in [4.69, 9.17) is 0 Å². The van der Waals surface area contributed by atoms with Gasteiger partial charge in [0.15, 0.2) is 0 Å². The van der Waals surface area contributed by atoms with Crippen molar-refractivity contribution in [1.29, 1.82) is 0 Å². The van der Waals surface area contributed by atoms with E-state index in [0.717, 1.165) is 12.1 Å². The Kier molecular flexibility index (Phi) is 5.33. The zero-order valence-corrected chi connectivity index (χ0v) is 14.6. The molecule has 2 aromatic carbocycles. The molecule has 0 heterocycles. The van der Waals surface area contributed by atoms with E-state index < -0.39 is 34.6 Å². The summed E-state index contributed by atoms with van der Waals surface area (Å²) in [5.74, 6) is -3.25. The highest BCUT2D eigenvalue weighted by molar-refractivity contribution is 9.10. The summed E-state index contributed by atoms with van der Waals surface area (Å²) in [5.41, 5.74) is -1.64. The molecular formula is C17H15BrF2N2O2. The Morgan fingerprint density at radius 1 is 0.917 bits per heavy atom. The molecule has 0 aliphatic rings. The van der Waals surface area contributed by atoms with E-state index in [9.17, 15) is 18.4 Å². The Morgan fingerprint density at radius 2 is 1.46 bits per heavy atom. The Labute approximate surface area is 146 Å². The predicted octanol–water partition coefficient (Wildman–Crippen LogP) is 4.33. The summed E-state index contributed by atoms with van der Waals surface area (Å²) in [5, 5.41) is 4.75. The van der Waals surface area contributed by atoms with E-state index >= 15 is 0 Å². The van der Waals surface area contributed by atoms with Crippen LogP contribution in [-0.2, 0) is 9.59 Å². The molecule has 2 rings (SSSR count). The molecule has 0 saturated heterocycles. The summed E-state index contributed by atoms with van der Waals surface area (Å²) in [7, 11) is 0. The van der Waals surface area contributed by atoms with E-state index in [1.165, 1.54) is 19.9 Å². The van der Waals surface area contributed by atoms with Gasteiger partial charge in [-0.25, -0.2) is 8.78 Å². The van der Waals surface area contributed by atoms with Gasteiger partial charge in [-0.05, 0) is 54.0 Å². The number of amides is 2. The Balaban J connectivity index is 2.18. The molecule has 4 nitrogen and oxygen atoms in total. The van der Waals surface area contributed by atoms with E-state index in [2.05, 4.69) is 26.6 Å². The molecular weight excluding hydrogens is 382 g/mol. The van der Waals surface area contributed by atoms with Crippen LogP contribution in [0.1, 0.15) is 13.8 Å². The van der Waals surface area contributed by atoms with Crippen molar-refractivity contribution >= 4 is 39.1 Å². The summed E-state index contributed by atoms with van der Waals surface area (Å²) in [4.78, 5) is 24.7. The molecule has 2 N–H and O–H groups in total. The number of hydrogen-bond donors (Lipinski definition) is 2. The molecule has 2 aromatic rings. The molecule has 0 aliphatic carbocycles. The molecule has 0 fully saturated rings. The highest BCUT2D eigenvalue weighted by atomic mass is 79.9. The lowest BCUT2D eigenvalue weighted by Gasteiger charge is -2.23. The number of carbonyl (C=O) groups excluding carboxylic acids is 2. The van der Waals surface area contributed by atoms with Gasteiger partial charge in [-0.2, -0.15) is 0 Å². The fraction of sp³-hybridized carbons (Fsp3) is 0.176. The maximum atomic E-state index is 13.6. The standard InChI is InChI=1S/C17H15BrF2N2O2/c1-17(2,15(23)21-13-9-4-3-6-10(13)18)16(24)22-14-11(19)7-5-8-12(14)20/h3-9H,1-2H3,(H,21,23)(H,22,24). The van der Waals surface area contributed by atoms with Gasteiger partial charge in [0.05, 0.1) is 5.69 Å². The van der Waals surface area contributed by atoms with Crippen molar-refractivity contribution in [3.8, 4) is 0 Å². The quantitative estimate of drug-likeness (QED) is 0.755. The summed E-state index contributed by atoms with van der Waals surface area (Å²) in [6.07, 6.45) is 0. The molecule has 0 radical (unpaired) electrons. The molecule has 126 valence electrons. The maximum Gasteiger partial charge on any atom is 0.239 e. The van der Waals surface area contributed by atoms with Gasteiger partial charge in [-0.1, -0.05) is 18.2 Å². The van der Waals surface area contributed by atoms with Crippen LogP contribution in [-0.4, -0.2) is 11.8 Å². The van der Waals surface area contributed by atoms with Crippen LogP contribution in [0.5, 0.6) is 0 Å². The van der Waals surface area contributed by atoms with Gasteiger partial charge in [0, 0.05) is 4.47 Å². The van der Waals surface area contributed by atoms with E-state index in [0.29, 0.717) is 10.2 Å². The third kappa shape index (κ3) is 3.79. The molecule has 0 aliphatic heterocycles. The summed E-state index contributed by atoms with van der Waals surface area (Å²) < 4.78 is 27.9. The molecule has 0 atom stereocenters. The molecule has 0 aromatic heterocycles. The lowest BCUT2D eigenvalue weighted by atomic mass is 9.90. The fourth-order valence-electron chi connectivity index (χ4n) is 1.83. The van der Waals surface area contributed by atoms with Gasteiger partial charge in [0.25, 0.3) is 0 Å². The third-order valence-corrected chi connectivity index (χ3v) is 4.15. The van der Waals surface area contributed by atoms with Crippen molar-refractivity contribution in [3.05, 3.63) is 58.6 Å². The first-order valence-corrected chi connectivity index (χ1v) is 7.84. The average molecular weight is 397 g/mol. The monoisotopic (exact) mass is 396 g/mol. The zero-order chi connectivity index (χ0) is 17.9. The number of carbonyl (C=O) groups is 2. The fourth-order valence-corrected chi connectivity index (χ4v) is 2.22. The molecule has 0 saturated carbocycles. The second-order valence-electron chi connectivity index (χ2n) is 5.61. The zero-order valence-electron chi connectivity index (χ0n) is 13.0. The number of nitrogens with one attached hydrogen (secondary N) is 2. The highest BCUT2D eigenvalue weighted by Crippen LogP contribution is 2.27. The van der Waals surface area contributed by atoms with Gasteiger partial charge < -0.3 is 10.6 Å². The molecule has 0 spiro atoms. The first-order chi connectivity index (χ1) is 11.2. The number of para-hydroxylation sites is 2. The third-order valence-electron chi connectivity index (χ3n) is 3.46. The summed E-state index contributed by atoms with van der Waals surface area (Å²) >= 11 is 3.29. The van der Waals surface area contributed by atoms with Crippen molar-refractivity contribution in [1.82, 2.24) is 0 Å². The van der Waals surface area contributed by atoms with Crippen molar-refractivity contribution in [3.63, 3.8) is 0 Å². The second-order valence-corrected chi connectivity index (χ2v) is 6.46.